The van der Waals surface area contributed by atoms with Crippen LogP contribution in [0.1, 0.15) is 48.5 Å². The fraction of sp³-hybridized carbons (Fsp3) is 0.529. The summed E-state index contributed by atoms with van der Waals surface area (Å²) < 4.78 is -0.307. The Bertz CT molecular complexity index is 537. The van der Waals surface area contributed by atoms with Gasteiger partial charge in [-0.2, -0.15) is 5.26 Å². The minimum atomic E-state index is -0.307. The Kier molecular flexibility index (Phi) is 4.95. The van der Waals surface area contributed by atoms with Crippen LogP contribution >= 0.6 is 11.8 Å². The zero-order valence-corrected chi connectivity index (χ0v) is 13.7. The molecule has 1 aromatic rings. The van der Waals surface area contributed by atoms with E-state index >= 15 is 0 Å². The van der Waals surface area contributed by atoms with E-state index in [0.717, 1.165) is 18.4 Å². The van der Waals surface area contributed by atoms with Crippen LogP contribution in [-0.4, -0.2) is 34.9 Å². The van der Waals surface area contributed by atoms with Crippen LogP contribution in [-0.2, 0) is 0 Å². The van der Waals surface area contributed by atoms with Gasteiger partial charge in [0.05, 0.1) is 6.07 Å². The molecule has 1 saturated heterocycles. The summed E-state index contributed by atoms with van der Waals surface area (Å²) in [6.07, 6.45) is 3.48. The third-order valence-corrected chi connectivity index (χ3v) is 5.56. The Morgan fingerprint density at radius 1 is 1.29 bits per heavy atom. The van der Waals surface area contributed by atoms with Crippen molar-refractivity contribution in [1.82, 2.24) is 4.90 Å². The maximum Gasteiger partial charge on any atom is 0.253 e. The average Bonchev–Trinajstić information content (AvgIpc) is 2.54. The molecule has 0 unspecified atom stereocenters. The lowest BCUT2D eigenvalue weighted by Gasteiger charge is -2.36. The van der Waals surface area contributed by atoms with Gasteiger partial charge in [-0.25, -0.2) is 0 Å². The van der Waals surface area contributed by atoms with E-state index in [4.69, 9.17) is 0 Å². The number of thioether (sulfide) groups is 1. The first-order valence-electron chi connectivity index (χ1n) is 7.37. The minimum absolute atomic E-state index is 0.0814. The average molecular weight is 302 g/mol. The van der Waals surface area contributed by atoms with Gasteiger partial charge >= 0.3 is 0 Å². The zero-order valence-electron chi connectivity index (χ0n) is 12.9. The molecule has 1 aliphatic rings. The first kappa shape index (κ1) is 15.9. The van der Waals surface area contributed by atoms with Crippen LogP contribution in [0.4, 0.5) is 0 Å². The monoisotopic (exact) mass is 302 g/mol. The van der Waals surface area contributed by atoms with Gasteiger partial charge in [-0.3, -0.25) is 4.79 Å². The van der Waals surface area contributed by atoms with Gasteiger partial charge in [-0.05, 0) is 42.7 Å². The molecule has 2 rings (SSSR count). The molecule has 0 aromatic heterocycles. The van der Waals surface area contributed by atoms with Gasteiger partial charge in [0.1, 0.15) is 4.75 Å². The highest BCUT2D eigenvalue weighted by Crippen LogP contribution is 2.34. The third-order valence-electron chi connectivity index (χ3n) is 4.28. The number of nitrogens with zero attached hydrogens (tertiary/aromatic N) is 2. The summed E-state index contributed by atoms with van der Waals surface area (Å²) in [6, 6.07) is 10.3. The maximum absolute atomic E-state index is 12.5. The van der Waals surface area contributed by atoms with Gasteiger partial charge < -0.3 is 4.90 Å². The van der Waals surface area contributed by atoms with E-state index in [1.807, 2.05) is 35.4 Å². The van der Waals surface area contributed by atoms with E-state index in [0.29, 0.717) is 19.0 Å². The Morgan fingerprint density at radius 2 is 1.86 bits per heavy atom. The number of amides is 1. The standard InChI is InChI=1S/C17H22N2OS/c1-13(2)14-4-6-15(7-5-14)16(20)19-10-8-17(12-18,21-3)9-11-19/h4-7,13H,8-11H2,1-3H3. The summed E-state index contributed by atoms with van der Waals surface area (Å²) in [6.45, 7) is 5.62. The van der Waals surface area contributed by atoms with Gasteiger partial charge in [-0.15, -0.1) is 11.8 Å². The molecule has 0 saturated carbocycles. The maximum atomic E-state index is 12.5. The molecule has 112 valence electrons. The lowest BCUT2D eigenvalue weighted by molar-refractivity contribution is 0.0716. The first-order valence-corrected chi connectivity index (χ1v) is 8.59. The number of rotatable bonds is 3. The van der Waals surface area contributed by atoms with Crippen LogP contribution in [0.15, 0.2) is 24.3 Å². The van der Waals surface area contributed by atoms with Crippen LogP contribution in [0.2, 0.25) is 0 Å². The number of nitriles is 1. The van der Waals surface area contributed by atoms with Crippen LogP contribution < -0.4 is 0 Å². The second kappa shape index (κ2) is 6.53. The summed E-state index contributed by atoms with van der Waals surface area (Å²) in [5, 5.41) is 9.29. The van der Waals surface area contributed by atoms with Crippen molar-refractivity contribution in [3.05, 3.63) is 35.4 Å². The number of carbonyl (C=O) groups excluding carboxylic acids is 1. The summed E-state index contributed by atoms with van der Waals surface area (Å²) in [5.74, 6) is 0.555. The zero-order chi connectivity index (χ0) is 15.5. The SMILES string of the molecule is CSC1(C#N)CCN(C(=O)c2ccc(C(C)C)cc2)CC1. The Labute approximate surface area is 131 Å². The van der Waals surface area contributed by atoms with Gasteiger partial charge in [-0.1, -0.05) is 26.0 Å². The fourth-order valence-electron chi connectivity index (χ4n) is 2.63. The van der Waals surface area contributed by atoms with E-state index < -0.39 is 0 Å². The van der Waals surface area contributed by atoms with Crippen molar-refractivity contribution < 1.29 is 4.79 Å². The molecular formula is C17H22N2OS. The Morgan fingerprint density at radius 3 is 2.29 bits per heavy atom. The molecule has 3 nitrogen and oxygen atoms in total. The molecule has 1 fully saturated rings. The van der Waals surface area contributed by atoms with Crippen molar-refractivity contribution in [2.24, 2.45) is 0 Å². The number of benzene rings is 1. The van der Waals surface area contributed by atoms with Crippen LogP contribution in [0.5, 0.6) is 0 Å². The van der Waals surface area contributed by atoms with E-state index in [1.54, 1.807) is 11.8 Å². The van der Waals surface area contributed by atoms with E-state index in [2.05, 4.69) is 19.9 Å². The van der Waals surface area contributed by atoms with Crippen LogP contribution in [0, 0.1) is 11.3 Å². The highest BCUT2D eigenvalue weighted by molar-refractivity contribution is 8.00. The summed E-state index contributed by atoms with van der Waals surface area (Å²) in [7, 11) is 0. The molecule has 1 amide bonds. The van der Waals surface area contributed by atoms with Gasteiger partial charge in [0.25, 0.3) is 5.91 Å². The van der Waals surface area contributed by atoms with Crippen molar-refractivity contribution in [3.63, 3.8) is 0 Å². The normalized spacial score (nSPS) is 17.6. The van der Waals surface area contributed by atoms with Crippen molar-refractivity contribution in [2.75, 3.05) is 19.3 Å². The second-order valence-electron chi connectivity index (χ2n) is 5.88. The van der Waals surface area contributed by atoms with Crippen molar-refractivity contribution in [2.45, 2.75) is 37.4 Å². The van der Waals surface area contributed by atoms with Gasteiger partial charge in [0, 0.05) is 18.7 Å². The van der Waals surface area contributed by atoms with Crippen molar-refractivity contribution in [3.8, 4) is 6.07 Å². The molecule has 0 N–H and O–H groups in total. The number of hydrogen-bond acceptors (Lipinski definition) is 3. The summed E-state index contributed by atoms with van der Waals surface area (Å²) >= 11 is 1.61. The molecule has 1 heterocycles. The molecule has 0 atom stereocenters. The highest BCUT2D eigenvalue weighted by atomic mass is 32.2. The quantitative estimate of drug-likeness (QED) is 0.855. The predicted octanol–water partition coefficient (Wildman–Crippen LogP) is 3.67. The lowest BCUT2D eigenvalue weighted by atomic mass is 9.96. The topological polar surface area (TPSA) is 44.1 Å². The molecule has 21 heavy (non-hydrogen) atoms. The van der Waals surface area contributed by atoms with Gasteiger partial charge in [0.2, 0.25) is 0 Å². The molecule has 0 bridgehead atoms. The summed E-state index contributed by atoms with van der Waals surface area (Å²) in [4.78, 5) is 14.4. The molecular weight excluding hydrogens is 280 g/mol. The first-order chi connectivity index (χ1) is 10.0. The van der Waals surface area contributed by atoms with Crippen LogP contribution in [0.25, 0.3) is 0 Å². The molecule has 0 aliphatic carbocycles. The van der Waals surface area contributed by atoms with Crippen molar-refractivity contribution in [1.29, 1.82) is 5.26 Å². The number of likely N-dealkylation sites (tertiary alicyclic amines) is 1. The molecule has 1 aliphatic heterocycles. The second-order valence-corrected chi connectivity index (χ2v) is 7.07. The smallest absolute Gasteiger partial charge is 0.253 e. The number of carbonyl (C=O) groups is 1. The van der Waals surface area contributed by atoms with Crippen LogP contribution in [0.3, 0.4) is 0 Å². The number of hydrogen-bond donors (Lipinski definition) is 0. The number of piperidine rings is 1. The molecule has 4 heteroatoms. The Balaban J connectivity index is 2.04. The molecule has 1 aromatic carbocycles. The largest absolute Gasteiger partial charge is 0.338 e. The van der Waals surface area contributed by atoms with Gasteiger partial charge in [0.15, 0.2) is 0 Å². The fourth-order valence-corrected chi connectivity index (χ4v) is 3.31. The van der Waals surface area contributed by atoms with Crippen molar-refractivity contribution >= 4 is 17.7 Å². The highest BCUT2D eigenvalue weighted by Gasteiger charge is 2.35. The van der Waals surface area contributed by atoms with E-state index in [1.165, 1.54) is 5.56 Å². The van der Waals surface area contributed by atoms with E-state index in [9.17, 15) is 10.1 Å². The Hall–Kier alpha value is -1.47. The summed E-state index contributed by atoms with van der Waals surface area (Å²) in [5.41, 5.74) is 1.99. The minimum Gasteiger partial charge on any atom is -0.338 e. The molecule has 0 spiro atoms. The predicted molar refractivity (Wildman–Crippen MR) is 87.5 cm³/mol. The lowest BCUT2D eigenvalue weighted by Crippen LogP contribution is -2.44. The van der Waals surface area contributed by atoms with E-state index in [-0.39, 0.29) is 10.7 Å². The third kappa shape index (κ3) is 3.41. The molecule has 0 radical (unpaired) electrons.